The Bertz CT molecular complexity index is 1220. The Morgan fingerprint density at radius 3 is 2.96 bits per heavy atom. The molecule has 4 rings (SSSR count). The average Bonchev–Trinajstić information content (AvgIpc) is 3.07. The molecule has 4 aromatic rings. The minimum atomic E-state index is -0.616. The molecule has 0 fully saturated rings. The first-order valence-corrected chi connectivity index (χ1v) is 8.96. The smallest absolute Gasteiger partial charge is 0.326 e. The molecule has 0 saturated heterocycles. The highest BCUT2D eigenvalue weighted by Crippen LogP contribution is 2.20. The zero-order valence-corrected chi connectivity index (χ0v) is 15.8. The summed E-state index contributed by atoms with van der Waals surface area (Å²) in [5, 5.41) is 0. The van der Waals surface area contributed by atoms with Crippen LogP contribution in [0.1, 0.15) is 18.9 Å². The van der Waals surface area contributed by atoms with Crippen molar-refractivity contribution in [2.45, 2.75) is 19.6 Å². The first kappa shape index (κ1) is 17.3. The second-order valence-corrected chi connectivity index (χ2v) is 6.87. The van der Waals surface area contributed by atoms with Crippen molar-refractivity contribution in [2.24, 2.45) is 0 Å². The largest absolute Gasteiger partial charge is 0.453 e. The number of H-pyrrole nitrogens is 1. The highest BCUT2D eigenvalue weighted by atomic mass is 79.9. The van der Waals surface area contributed by atoms with Crippen LogP contribution in [0.25, 0.3) is 22.2 Å². The van der Waals surface area contributed by atoms with E-state index in [1.807, 2.05) is 12.1 Å². The lowest BCUT2D eigenvalue weighted by molar-refractivity contribution is -0.149. The molecule has 1 atom stereocenters. The van der Waals surface area contributed by atoms with E-state index in [1.165, 1.54) is 10.8 Å². The van der Waals surface area contributed by atoms with E-state index < -0.39 is 12.1 Å². The molecule has 0 saturated carbocycles. The van der Waals surface area contributed by atoms with Crippen molar-refractivity contribution < 1.29 is 9.53 Å². The standard InChI is InChI=1S/C18H14BrN5O3/c1-10(17-22-13-6-11(19)7-21-18(13)23-17)27-16(26)9-24-14-5-3-2-4-12(14)20-8-15(24)25/h2-8,10H,9H2,1H3,(H,21,22,23). The molecular weight excluding hydrogens is 414 g/mol. The Balaban J connectivity index is 1.55. The molecule has 9 heteroatoms. The molecule has 0 aliphatic rings. The number of nitrogens with zero attached hydrogens (tertiary/aromatic N) is 4. The van der Waals surface area contributed by atoms with Crippen LogP contribution < -0.4 is 5.56 Å². The molecule has 3 heterocycles. The van der Waals surface area contributed by atoms with E-state index in [0.29, 0.717) is 22.5 Å². The third kappa shape index (κ3) is 3.45. The summed E-state index contributed by atoms with van der Waals surface area (Å²) in [6.45, 7) is 1.49. The number of esters is 1. The summed E-state index contributed by atoms with van der Waals surface area (Å²) in [7, 11) is 0. The van der Waals surface area contributed by atoms with Gasteiger partial charge in [0.15, 0.2) is 11.8 Å². The van der Waals surface area contributed by atoms with Crippen LogP contribution in [0.4, 0.5) is 0 Å². The van der Waals surface area contributed by atoms with Crippen LogP contribution >= 0.6 is 15.9 Å². The van der Waals surface area contributed by atoms with Crippen molar-refractivity contribution in [1.29, 1.82) is 0 Å². The molecule has 0 amide bonds. The fraction of sp³-hybridized carbons (Fsp3) is 0.167. The number of benzene rings is 1. The SMILES string of the molecule is CC(OC(=O)Cn1c(=O)cnc2ccccc21)c1nc2ncc(Br)cc2[nH]1. The lowest BCUT2D eigenvalue weighted by Gasteiger charge is -2.13. The number of fused-ring (bicyclic) bond motifs is 2. The fourth-order valence-electron chi connectivity index (χ4n) is 2.78. The second-order valence-electron chi connectivity index (χ2n) is 5.95. The van der Waals surface area contributed by atoms with Gasteiger partial charge in [0.2, 0.25) is 0 Å². The van der Waals surface area contributed by atoms with Gasteiger partial charge in [-0.1, -0.05) is 12.1 Å². The molecular formula is C18H14BrN5O3. The number of imidazole rings is 1. The van der Waals surface area contributed by atoms with Gasteiger partial charge in [0, 0.05) is 10.7 Å². The number of nitrogens with one attached hydrogen (secondary N) is 1. The van der Waals surface area contributed by atoms with Crippen molar-refractivity contribution in [3.05, 3.63) is 63.4 Å². The van der Waals surface area contributed by atoms with Crippen LogP contribution in [-0.2, 0) is 16.1 Å². The Hall–Kier alpha value is -3.07. The van der Waals surface area contributed by atoms with Gasteiger partial charge in [-0.2, -0.15) is 0 Å². The highest BCUT2D eigenvalue weighted by molar-refractivity contribution is 9.10. The first-order chi connectivity index (χ1) is 13.0. The van der Waals surface area contributed by atoms with Gasteiger partial charge in [-0.3, -0.25) is 14.2 Å². The lowest BCUT2D eigenvalue weighted by atomic mass is 10.3. The fourth-order valence-corrected chi connectivity index (χ4v) is 3.11. The van der Waals surface area contributed by atoms with Crippen molar-refractivity contribution in [3.8, 4) is 0 Å². The maximum atomic E-state index is 12.4. The predicted octanol–water partition coefficient (Wildman–Crippen LogP) is 2.73. The van der Waals surface area contributed by atoms with Gasteiger partial charge in [-0.15, -0.1) is 0 Å². The number of hydrogen-bond donors (Lipinski definition) is 1. The van der Waals surface area contributed by atoms with Crippen LogP contribution in [0.5, 0.6) is 0 Å². The van der Waals surface area contributed by atoms with E-state index in [9.17, 15) is 9.59 Å². The van der Waals surface area contributed by atoms with Crippen LogP contribution in [-0.4, -0.2) is 30.5 Å². The molecule has 1 N–H and O–H groups in total. The number of aromatic nitrogens is 5. The number of rotatable bonds is 4. The number of carbonyl (C=O) groups is 1. The molecule has 0 aliphatic carbocycles. The van der Waals surface area contributed by atoms with Crippen LogP contribution in [0, 0.1) is 0 Å². The van der Waals surface area contributed by atoms with Gasteiger partial charge >= 0.3 is 5.97 Å². The molecule has 0 spiro atoms. The van der Waals surface area contributed by atoms with Gasteiger partial charge < -0.3 is 9.72 Å². The maximum absolute atomic E-state index is 12.4. The third-order valence-electron chi connectivity index (χ3n) is 4.06. The predicted molar refractivity (Wildman–Crippen MR) is 102 cm³/mol. The summed E-state index contributed by atoms with van der Waals surface area (Å²) in [6.07, 6.45) is 2.22. The number of pyridine rings is 1. The van der Waals surface area contributed by atoms with Gasteiger partial charge in [-0.25, -0.2) is 15.0 Å². The zero-order valence-electron chi connectivity index (χ0n) is 14.2. The van der Waals surface area contributed by atoms with Crippen LogP contribution in [0.2, 0.25) is 0 Å². The number of halogens is 1. The molecule has 0 aliphatic heterocycles. The minimum Gasteiger partial charge on any atom is -0.453 e. The topological polar surface area (TPSA) is 103 Å². The Morgan fingerprint density at radius 2 is 2.11 bits per heavy atom. The number of carbonyl (C=O) groups excluding carboxylic acids is 1. The summed E-state index contributed by atoms with van der Waals surface area (Å²) in [5.74, 6) is -0.0635. The molecule has 1 unspecified atom stereocenters. The highest BCUT2D eigenvalue weighted by Gasteiger charge is 2.18. The monoisotopic (exact) mass is 427 g/mol. The maximum Gasteiger partial charge on any atom is 0.326 e. The Kier molecular flexibility index (Phi) is 4.44. The summed E-state index contributed by atoms with van der Waals surface area (Å²) >= 11 is 3.35. The number of aromatic amines is 1. The van der Waals surface area contributed by atoms with Gasteiger partial charge in [0.25, 0.3) is 5.56 Å². The molecule has 27 heavy (non-hydrogen) atoms. The van der Waals surface area contributed by atoms with Gasteiger partial charge in [0.1, 0.15) is 12.4 Å². The number of para-hydroxylation sites is 2. The summed E-state index contributed by atoms with van der Waals surface area (Å²) < 4.78 is 7.61. The van der Waals surface area contributed by atoms with Crippen LogP contribution in [0.3, 0.4) is 0 Å². The third-order valence-corrected chi connectivity index (χ3v) is 4.49. The molecule has 3 aromatic heterocycles. The van der Waals surface area contributed by atoms with E-state index in [4.69, 9.17) is 4.74 Å². The average molecular weight is 428 g/mol. The van der Waals surface area contributed by atoms with Gasteiger partial charge in [-0.05, 0) is 41.1 Å². The van der Waals surface area contributed by atoms with Crippen molar-refractivity contribution >= 4 is 44.1 Å². The van der Waals surface area contributed by atoms with Crippen molar-refractivity contribution in [2.75, 3.05) is 0 Å². The minimum absolute atomic E-state index is 0.212. The first-order valence-electron chi connectivity index (χ1n) is 8.16. The van der Waals surface area contributed by atoms with Crippen molar-refractivity contribution in [3.63, 3.8) is 0 Å². The molecule has 8 nitrogen and oxygen atoms in total. The molecule has 0 bridgehead atoms. The Labute approximate surface area is 161 Å². The lowest BCUT2D eigenvalue weighted by Crippen LogP contribution is -2.26. The molecule has 0 radical (unpaired) electrons. The Morgan fingerprint density at radius 1 is 1.30 bits per heavy atom. The second kappa shape index (κ2) is 6.92. The van der Waals surface area contributed by atoms with Gasteiger partial charge in [0.05, 0.1) is 22.7 Å². The van der Waals surface area contributed by atoms with Crippen molar-refractivity contribution in [1.82, 2.24) is 24.5 Å². The van der Waals surface area contributed by atoms with E-state index in [0.717, 1.165) is 9.99 Å². The summed E-state index contributed by atoms with van der Waals surface area (Å²) in [6, 6.07) is 8.96. The quantitative estimate of drug-likeness (QED) is 0.502. The van der Waals surface area contributed by atoms with E-state index in [-0.39, 0.29) is 12.1 Å². The number of hydrogen-bond acceptors (Lipinski definition) is 6. The normalized spacial score (nSPS) is 12.4. The summed E-state index contributed by atoms with van der Waals surface area (Å²) in [4.78, 5) is 40.2. The van der Waals surface area contributed by atoms with E-state index in [2.05, 4.69) is 35.9 Å². The molecule has 1 aromatic carbocycles. The summed E-state index contributed by atoms with van der Waals surface area (Å²) in [5.41, 5.74) is 2.11. The van der Waals surface area contributed by atoms with E-state index in [1.54, 1.807) is 31.3 Å². The number of ether oxygens (including phenoxy) is 1. The molecule has 136 valence electrons. The van der Waals surface area contributed by atoms with Crippen LogP contribution in [0.15, 0.2) is 52.0 Å². The zero-order chi connectivity index (χ0) is 19.0. The van der Waals surface area contributed by atoms with E-state index >= 15 is 0 Å².